The van der Waals surface area contributed by atoms with Crippen molar-refractivity contribution in [1.82, 2.24) is 19.5 Å². The molecule has 102 valence electrons. The molecule has 0 amide bonds. The predicted octanol–water partition coefficient (Wildman–Crippen LogP) is 1.91. The average molecular weight is 268 g/mol. The van der Waals surface area contributed by atoms with Crippen molar-refractivity contribution < 1.29 is 0 Å². The number of nitrogens with one attached hydrogen (secondary N) is 1. The Labute approximate surface area is 116 Å². The van der Waals surface area contributed by atoms with Gasteiger partial charge in [0.05, 0.1) is 17.4 Å². The number of anilines is 2. The van der Waals surface area contributed by atoms with Crippen LogP contribution < -0.4 is 11.1 Å². The minimum atomic E-state index is 0.168. The lowest BCUT2D eigenvalue weighted by molar-refractivity contribution is 0.617. The lowest BCUT2D eigenvalue weighted by Gasteiger charge is -2.16. The highest BCUT2D eigenvalue weighted by Crippen LogP contribution is 2.19. The first-order valence-electron chi connectivity index (χ1n) is 6.47. The Kier molecular flexibility index (Phi) is 3.20. The van der Waals surface area contributed by atoms with Crippen molar-refractivity contribution in [2.75, 3.05) is 11.1 Å². The minimum Gasteiger partial charge on any atom is -0.381 e. The number of hydrogen-bond donors (Lipinski definition) is 2. The van der Waals surface area contributed by atoms with Gasteiger partial charge in [-0.1, -0.05) is 12.1 Å². The zero-order valence-corrected chi connectivity index (χ0v) is 11.2. The normalized spacial score (nSPS) is 12.4. The van der Waals surface area contributed by atoms with Crippen LogP contribution in [0.3, 0.4) is 0 Å². The average Bonchev–Trinajstić information content (AvgIpc) is 2.92. The summed E-state index contributed by atoms with van der Waals surface area (Å²) in [6.45, 7) is 2.85. The zero-order chi connectivity index (χ0) is 13.9. The van der Waals surface area contributed by atoms with Gasteiger partial charge in [0.15, 0.2) is 11.6 Å². The lowest BCUT2D eigenvalue weighted by atomic mass is 10.3. The number of hydrogen-bond acceptors (Lipinski definition) is 5. The van der Waals surface area contributed by atoms with Gasteiger partial charge in [-0.25, -0.2) is 15.0 Å². The third-order valence-electron chi connectivity index (χ3n) is 3.02. The minimum absolute atomic E-state index is 0.168. The summed E-state index contributed by atoms with van der Waals surface area (Å²) >= 11 is 0. The van der Waals surface area contributed by atoms with Gasteiger partial charge in [0.2, 0.25) is 0 Å². The molecular weight excluding hydrogens is 252 g/mol. The van der Waals surface area contributed by atoms with Crippen molar-refractivity contribution in [1.29, 1.82) is 0 Å². The molecule has 6 nitrogen and oxygen atoms in total. The molecule has 1 atom stereocenters. The number of nitrogens with two attached hydrogens (primary N) is 1. The van der Waals surface area contributed by atoms with Crippen LogP contribution in [0.25, 0.3) is 11.0 Å². The number of rotatable bonds is 4. The monoisotopic (exact) mass is 268 g/mol. The first-order valence-corrected chi connectivity index (χ1v) is 6.47. The predicted molar refractivity (Wildman–Crippen MR) is 79.3 cm³/mol. The largest absolute Gasteiger partial charge is 0.381 e. The van der Waals surface area contributed by atoms with Gasteiger partial charge in [0.1, 0.15) is 0 Å². The van der Waals surface area contributed by atoms with E-state index < -0.39 is 0 Å². The molecule has 2 aromatic heterocycles. The van der Waals surface area contributed by atoms with Gasteiger partial charge in [-0.2, -0.15) is 0 Å². The van der Waals surface area contributed by atoms with Crippen molar-refractivity contribution >= 4 is 22.7 Å². The quantitative estimate of drug-likeness (QED) is 0.755. The molecule has 0 fully saturated rings. The number of nitrogens with zero attached hydrogens (tertiary/aromatic N) is 4. The number of imidazole rings is 1. The van der Waals surface area contributed by atoms with E-state index >= 15 is 0 Å². The first-order chi connectivity index (χ1) is 9.72. The Bertz CT molecular complexity index is 707. The fourth-order valence-corrected chi connectivity index (χ4v) is 2.11. The summed E-state index contributed by atoms with van der Waals surface area (Å²) in [5, 5.41) is 3.29. The van der Waals surface area contributed by atoms with Crippen LogP contribution in [-0.2, 0) is 6.54 Å². The molecule has 0 aliphatic heterocycles. The molecule has 0 saturated carbocycles. The van der Waals surface area contributed by atoms with Crippen LogP contribution in [0.5, 0.6) is 0 Å². The van der Waals surface area contributed by atoms with E-state index in [1.807, 2.05) is 35.0 Å². The molecule has 1 aromatic carbocycles. The number of nitrogen functional groups attached to an aromatic ring is 1. The maximum Gasteiger partial charge on any atom is 0.169 e. The van der Waals surface area contributed by atoms with Crippen LogP contribution in [0.15, 0.2) is 43.0 Å². The van der Waals surface area contributed by atoms with E-state index in [0.717, 1.165) is 17.6 Å². The van der Waals surface area contributed by atoms with Crippen LogP contribution >= 0.6 is 0 Å². The summed E-state index contributed by atoms with van der Waals surface area (Å²) in [5.74, 6) is 1.04. The molecule has 0 radical (unpaired) electrons. The number of fused-ring (bicyclic) bond motifs is 1. The molecule has 3 rings (SSSR count). The molecule has 0 bridgehead atoms. The molecular formula is C14H16N6. The summed E-state index contributed by atoms with van der Waals surface area (Å²) in [6.07, 6.45) is 5.47. The highest BCUT2D eigenvalue weighted by atomic mass is 15.1. The van der Waals surface area contributed by atoms with Gasteiger partial charge in [-0.15, -0.1) is 0 Å². The summed E-state index contributed by atoms with van der Waals surface area (Å²) in [7, 11) is 0. The second-order valence-electron chi connectivity index (χ2n) is 4.75. The topological polar surface area (TPSA) is 81.7 Å². The van der Waals surface area contributed by atoms with Crippen LogP contribution in [0.2, 0.25) is 0 Å². The molecule has 3 N–H and O–H groups in total. The Morgan fingerprint density at radius 3 is 2.70 bits per heavy atom. The molecule has 0 spiro atoms. The highest BCUT2D eigenvalue weighted by molar-refractivity contribution is 5.79. The maximum atomic E-state index is 5.95. The summed E-state index contributed by atoms with van der Waals surface area (Å²) in [4.78, 5) is 12.9. The number of benzene rings is 1. The first kappa shape index (κ1) is 12.4. The molecule has 1 unspecified atom stereocenters. The van der Waals surface area contributed by atoms with E-state index in [0.29, 0.717) is 11.6 Å². The second-order valence-corrected chi connectivity index (χ2v) is 4.75. The third-order valence-corrected chi connectivity index (χ3v) is 3.02. The second kappa shape index (κ2) is 5.16. The molecule has 0 aliphatic carbocycles. The maximum absolute atomic E-state index is 5.95. The van der Waals surface area contributed by atoms with Crippen LogP contribution in [0.4, 0.5) is 11.6 Å². The van der Waals surface area contributed by atoms with E-state index in [2.05, 4.69) is 27.2 Å². The smallest absolute Gasteiger partial charge is 0.169 e. The van der Waals surface area contributed by atoms with E-state index in [-0.39, 0.29) is 6.04 Å². The SMILES string of the molecule is CC(Cn1ccnc1)Nc1nc2ccccc2nc1N. The van der Waals surface area contributed by atoms with Crippen molar-refractivity contribution in [3.8, 4) is 0 Å². The zero-order valence-electron chi connectivity index (χ0n) is 11.2. The Morgan fingerprint density at radius 2 is 2.00 bits per heavy atom. The van der Waals surface area contributed by atoms with Gasteiger partial charge in [0.25, 0.3) is 0 Å². The van der Waals surface area contributed by atoms with Gasteiger partial charge >= 0.3 is 0 Å². The van der Waals surface area contributed by atoms with Crippen molar-refractivity contribution in [3.63, 3.8) is 0 Å². The lowest BCUT2D eigenvalue weighted by Crippen LogP contribution is -2.23. The van der Waals surface area contributed by atoms with Crippen molar-refractivity contribution in [2.45, 2.75) is 19.5 Å². The van der Waals surface area contributed by atoms with Gasteiger partial charge in [-0.05, 0) is 19.1 Å². The Morgan fingerprint density at radius 1 is 1.25 bits per heavy atom. The Balaban J connectivity index is 1.81. The highest BCUT2D eigenvalue weighted by Gasteiger charge is 2.09. The standard InChI is InChI=1S/C14H16N6/c1-10(8-20-7-6-16-9-20)17-14-13(15)18-11-4-2-3-5-12(11)19-14/h2-7,9-10H,8H2,1H3,(H2,15,18)(H,17,19). The van der Waals surface area contributed by atoms with Crippen molar-refractivity contribution in [3.05, 3.63) is 43.0 Å². The van der Waals surface area contributed by atoms with E-state index in [9.17, 15) is 0 Å². The fourth-order valence-electron chi connectivity index (χ4n) is 2.11. The number of para-hydroxylation sites is 2. The molecule has 3 aromatic rings. The van der Waals surface area contributed by atoms with Gasteiger partial charge in [0, 0.05) is 25.0 Å². The molecule has 6 heteroatoms. The van der Waals surface area contributed by atoms with Gasteiger partial charge in [-0.3, -0.25) is 0 Å². The summed E-state index contributed by atoms with van der Waals surface area (Å²) in [5.41, 5.74) is 7.59. The molecule has 0 aliphatic rings. The van der Waals surface area contributed by atoms with Crippen LogP contribution in [0, 0.1) is 0 Å². The van der Waals surface area contributed by atoms with Crippen molar-refractivity contribution in [2.24, 2.45) is 0 Å². The Hall–Kier alpha value is -2.63. The van der Waals surface area contributed by atoms with E-state index in [1.54, 1.807) is 12.5 Å². The number of aromatic nitrogens is 4. The van der Waals surface area contributed by atoms with Crippen LogP contribution in [0.1, 0.15) is 6.92 Å². The third kappa shape index (κ3) is 2.54. The fraction of sp³-hybridized carbons (Fsp3) is 0.214. The molecule has 2 heterocycles. The summed E-state index contributed by atoms with van der Waals surface area (Å²) in [6, 6.07) is 7.85. The van der Waals surface area contributed by atoms with E-state index in [4.69, 9.17) is 5.73 Å². The van der Waals surface area contributed by atoms with E-state index in [1.165, 1.54) is 0 Å². The molecule has 0 saturated heterocycles. The van der Waals surface area contributed by atoms with Crippen LogP contribution in [-0.4, -0.2) is 25.6 Å². The van der Waals surface area contributed by atoms with Gasteiger partial charge < -0.3 is 15.6 Å². The molecule has 20 heavy (non-hydrogen) atoms. The summed E-state index contributed by atoms with van der Waals surface area (Å²) < 4.78 is 2.00.